The summed E-state index contributed by atoms with van der Waals surface area (Å²) in [6.45, 7) is 3.91. The molecule has 1 atom stereocenters. The van der Waals surface area contributed by atoms with E-state index in [0.717, 1.165) is 42.8 Å². The number of hydrogen-bond acceptors (Lipinski definition) is 5. The Bertz CT molecular complexity index is 709. The number of carbonyl (C=O) groups is 2. The molecule has 0 radical (unpaired) electrons. The van der Waals surface area contributed by atoms with Gasteiger partial charge in [0.2, 0.25) is 0 Å². The Morgan fingerprint density at radius 2 is 1.52 bits per heavy atom. The van der Waals surface area contributed by atoms with Crippen LogP contribution in [0.25, 0.3) is 0 Å². The van der Waals surface area contributed by atoms with Crippen molar-refractivity contribution in [2.24, 2.45) is 17.8 Å². The van der Waals surface area contributed by atoms with Crippen molar-refractivity contribution in [3.05, 3.63) is 24.3 Å². The van der Waals surface area contributed by atoms with Gasteiger partial charge in [0.05, 0.1) is 6.61 Å². The smallest absolute Gasteiger partial charge is 0.344 e. The molecule has 158 valence electrons. The third kappa shape index (κ3) is 4.68. The molecule has 0 aromatic heterocycles. The first-order valence-corrected chi connectivity index (χ1v) is 10.8. The van der Waals surface area contributed by atoms with Crippen molar-refractivity contribution in [2.75, 3.05) is 13.2 Å². The van der Waals surface area contributed by atoms with Crippen molar-refractivity contribution in [1.29, 1.82) is 0 Å². The molecular formula is C23H31NO5. The molecule has 0 unspecified atom stereocenters. The molecule has 6 heteroatoms. The highest BCUT2D eigenvalue weighted by Gasteiger charge is 2.51. The van der Waals surface area contributed by atoms with E-state index in [1.807, 2.05) is 6.92 Å². The number of nitrogens with one attached hydrogen (secondary N) is 1. The third-order valence-corrected chi connectivity index (χ3v) is 6.60. The predicted molar refractivity (Wildman–Crippen MR) is 108 cm³/mol. The summed E-state index contributed by atoms with van der Waals surface area (Å²) in [6.07, 6.45) is 6.37. The van der Waals surface area contributed by atoms with Crippen molar-refractivity contribution < 1.29 is 23.8 Å². The standard InChI is InChI=1S/C23H31NO5/c1-3-27-19-4-6-20(7-5-19)28-14-21(25)29-15(2)22(26)24-23-11-16-8-17(12-23)10-18(9-16)13-23/h4-7,15-18H,3,8-14H2,1-2H3,(H,24,26)/t15-,16?,17?,18?,23?/m1/s1. The summed E-state index contributed by atoms with van der Waals surface area (Å²) in [6, 6.07) is 7.04. The van der Waals surface area contributed by atoms with E-state index in [0.29, 0.717) is 12.4 Å². The van der Waals surface area contributed by atoms with Gasteiger partial charge in [0, 0.05) is 5.54 Å². The number of ether oxygens (including phenoxy) is 3. The van der Waals surface area contributed by atoms with E-state index in [-0.39, 0.29) is 18.1 Å². The number of carbonyl (C=O) groups excluding carboxylic acids is 2. The Morgan fingerprint density at radius 3 is 2.03 bits per heavy atom. The summed E-state index contributed by atoms with van der Waals surface area (Å²) >= 11 is 0. The lowest BCUT2D eigenvalue weighted by Crippen LogP contribution is -2.61. The molecule has 4 bridgehead atoms. The number of benzene rings is 1. The summed E-state index contributed by atoms with van der Waals surface area (Å²) in [4.78, 5) is 24.8. The molecule has 6 nitrogen and oxygen atoms in total. The number of hydrogen-bond donors (Lipinski definition) is 1. The molecule has 0 spiro atoms. The summed E-state index contributed by atoms with van der Waals surface area (Å²) in [5.74, 6) is 2.81. The second-order valence-electron chi connectivity index (χ2n) is 9.01. The van der Waals surface area contributed by atoms with Crippen molar-refractivity contribution >= 4 is 11.9 Å². The van der Waals surface area contributed by atoms with Crippen molar-refractivity contribution in [3.63, 3.8) is 0 Å². The van der Waals surface area contributed by atoms with Crippen molar-refractivity contribution in [2.45, 2.75) is 64.0 Å². The maximum absolute atomic E-state index is 12.7. The second kappa shape index (κ2) is 8.25. The predicted octanol–water partition coefficient (Wildman–Crippen LogP) is 3.48. The molecule has 4 aliphatic carbocycles. The number of amides is 1. The molecule has 1 aromatic rings. The molecule has 0 heterocycles. The van der Waals surface area contributed by atoms with Gasteiger partial charge in [-0.15, -0.1) is 0 Å². The van der Waals surface area contributed by atoms with Gasteiger partial charge >= 0.3 is 5.97 Å². The lowest BCUT2D eigenvalue weighted by Gasteiger charge is -2.57. The largest absolute Gasteiger partial charge is 0.494 e. The molecule has 4 saturated carbocycles. The van der Waals surface area contributed by atoms with Crippen LogP contribution in [0.15, 0.2) is 24.3 Å². The SMILES string of the molecule is CCOc1ccc(OCC(=O)O[C@H](C)C(=O)NC23CC4CC(CC(C4)C2)C3)cc1. The van der Waals surface area contributed by atoms with Crippen LogP contribution in [0.4, 0.5) is 0 Å². The molecule has 4 aliphatic rings. The number of rotatable bonds is 8. The summed E-state index contributed by atoms with van der Waals surface area (Å²) in [7, 11) is 0. The van der Waals surface area contributed by atoms with Crippen LogP contribution in [0.2, 0.25) is 0 Å². The van der Waals surface area contributed by atoms with E-state index in [4.69, 9.17) is 14.2 Å². The van der Waals surface area contributed by atoms with Gasteiger partial charge in [0.1, 0.15) is 11.5 Å². The van der Waals surface area contributed by atoms with Crippen LogP contribution in [0.5, 0.6) is 11.5 Å². The Hall–Kier alpha value is -2.24. The Morgan fingerprint density at radius 1 is 1.00 bits per heavy atom. The highest BCUT2D eigenvalue weighted by Crippen LogP contribution is 2.55. The molecule has 29 heavy (non-hydrogen) atoms. The lowest BCUT2D eigenvalue weighted by molar-refractivity contribution is -0.158. The maximum Gasteiger partial charge on any atom is 0.344 e. The lowest BCUT2D eigenvalue weighted by atomic mass is 9.53. The minimum Gasteiger partial charge on any atom is -0.494 e. The Balaban J connectivity index is 1.24. The summed E-state index contributed by atoms with van der Waals surface area (Å²) in [5.41, 5.74) is -0.0781. The van der Waals surface area contributed by atoms with Crippen LogP contribution in [-0.2, 0) is 14.3 Å². The van der Waals surface area contributed by atoms with Crippen molar-refractivity contribution in [1.82, 2.24) is 5.32 Å². The van der Waals surface area contributed by atoms with Crippen LogP contribution in [0, 0.1) is 17.8 Å². The second-order valence-corrected chi connectivity index (χ2v) is 9.01. The zero-order chi connectivity index (χ0) is 20.4. The van der Waals surface area contributed by atoms with Crippen LogP contribution in [0.1, 0.15) is 52.4 Å². The van der Waals surface area contributed by atoms with Gasteiger partial charge in [0.25, 0.3) is 5.91 Å². The zero-order valence-electron chi connectivity index (χ0n) is 17.3. The first-order chi connectivity index (χ1) is 13.9. The fourth-order valence-corrected chi connectivity index (χ4v) is 5.85. The highest BCUT2D eigenvalue weighted by molar-refractivity contribution is 5.84. The van der Waals surface area contributed by atoms with E-state index in [1.54, 1.807) is 31.2 Å². The minimum absolute atomic E-state index is 0.0781. The van der Waals surface area contributed by atoms with Crippen molar-refractivity contribution in [3.8, 4) is 11.5 Å². The topological polar surface area (TPSA) is 73.9 Å². The molecule has 0 saturated heterocycles. The van der Waals surface area contributed by atoms with Gasteiger partial charge in [-0.2, -0.15) is 0 Å². The van der Waals surface area contributed by atoms with E-state index < -0.39 is 12.1 Å². The van der Waals surface area contributed by atoms with Gasteiger partial charge in [-0.3, -0.25) is 4.79 Å². The van der Waals surface area contributed by atoms with Crippen LogP contribution in [0.3, 0.4) is 0 Å². The number of esters is 1. The normalized spacial score (nSPS) is 30.5. The third-order valence-electron chi connectivity index (χ3n) is 6.60. The molecule has 0 aliphatic heterocycles. The Kier molecular flexibility index (Phi) is 5.70. The van der Waals surface area contributed by atoms with Gasteiger partial charge in [-0.05, 0) is 94.4 Å². The average Bonchev–Trinajstić information content (AvgIpc) is 2.66. The summed E-state index contributed by atoms with van der Waals surface area (Å²) in [5, 5.41) is 3.25. The quantitative estimate of drug-likeness (QED) is 0.675. The molecular weight excluding hydrogens is 370 g/mol. The van der Waals surface area contributed by atoms with Gasteiger partial charge < -0.3 is 19.5 Å². The zero-order valence-corrected chi connectivity index (χ0v) is 17.3. The van der Waals surface area contributed by atoms with Crippen LogP contribution < -0.4 is 14.8 Å². The monoisotopic (exact) mass is 401 g/mol. The Labute approximate surface area is 172 Å². The maximum atomic E-state index is 12.7. The molecule has 1 amide bonds. The van der Waals surface area contributed by atoms with E-state index in [1.165, 1.54) is 19.3 Å². The first kappa shape index (κ1) is 20.0. The fourth-order valence-electron chi connectivity index (χ4n) is 5.85. The van der Waals surface area contributed by atoms with Crippen LogP contribution in [-0.4, -0.2) is 36.7 Å². The van der Waals surface area contributed by atoms with E-state index in [2.05, 4.69) is 5.32 Å². The first-order valence-electron chi connectivity index (χ1n) is 10.8. The van der Waals surface area contributed by atoms with Crippen LogP contribution >= 0.6 is 0 Å². The molecule has 4 fully saturated rings. The highest BCUT2D eigenvalue weighted by atomic mass is 16.6. The van der Waals surface area contributed by atoms with Gasteiger partial charge in [-0.1, -0.05) is 0 Å². The molecule has 1 aromatic carbocycles. The molecule has 1 N–H and O–H groups in total. The molecule has 5 rings (SSSR count). The summed E-state index contributed by atoms with van der Waals surface area (Å²) < 4.78 is 16.1. The van der Waals surface area contributed by atoms with E-state index >= 15 is 0 Å². The average molecular weight is 402 g/mol. The fraction of sp³-hybridized carbons (Fsp3) is 0.652. The van der Waals surface area contributed by atoms with Gasteiger partial charge in [-0.25, -0.2) is 4.79 Å². The van der Waals surface area contributed by atoms with Gasteiger partial charge in [0.15, 0.2) is 12.7 Å². The minimum atomic E-state index is -0.820. The van der Waals surface area contributed by atoms with E-state index in [9.17, 15) is 9.59 Å².